The number of hydrogen-bond donors (Lipinski definition) is 4. The largest absolute Gasteiger partial charge is 0.504 e. The Kier molecular flexibility index (Phi) is 9.39. The van der Waals surface area contributed by atoms with Gasteiger partial charge in [0, 0.05) is 28.7 Å². The minimum atomic E-state index is -0.492. The van der Waals surface area contributed by atoms with Crippen LogP contribution in [0.1, 0.15) is 74.1 Å². The van der Waals surface area contributed by atoms with E-state index in [1.54, 1.807) is 6.07 Å². The van der Waals surface area contributed by atoms with Gasteiger partial charge in [-0.25, -0.2) is 0 Å². The zero-order chi connectivity index (χ0) is 32.3. The molecule has 3 aromatic carbocycles. The number of hydrogen-bond acceptors (Lipinski definition) is 6. The molecule has 0 spiro atoms. The number of nitrogens with two attached hydrogens (primary N) is 1. The SMILES string of the molecule is CCCCC1CCC2OC1CC(O)CCc1ccc(O)c(c1)OCc1cc(Cc3ccccc3)cc3cn(cc13)C1=C2C=CC(N)N1. The third-order valence-corrected chi connectivity index (χ3v) is 10.1. The highest BCUT2D eigenvalue weighted by Gasteiger charge is 2.35. The Hall–Kier alpha value is -4.04. The zero-order valence-corrected chi connectivity index (χ0v) is 27.3. The van der Waals surface area contributed by atoms with Gasteiger partial charge in [-0.2, -0.15) is 0 Å². The molecule has 0 amide bonds. The molecular formula is C40H47N3O4. The number of aliphatic hydroxyl groups excluding tert-OH is 1. The maximum atomic E-state index is 11.3. The number of rotatable bonds is 5. The third-order valence-electron chi connectivity index (χ3n) is 10.1. The Morgan fingerprint density at radius 2 is 1.87 bits per heavy atom. The van der Waals surface area contributed by atoms with Gasteiger partial charge < -0.3 is 35.3 Å². The van der Waals surface area contributed by atoms with E-state index in [4.69, 9.17) is 15.2 Å². The number of aromatic nitrogens is 1. The molecule has 1 saturated heterocycles. The van der Waals surface area contributed by atoms with Gasteiger partial charge in [-0.05, 0) is 97.4 Å². The van der Waals surface area contributed by atoms with Crippen LogP contribution in [0.25, 0.3) is 16.6 Å². The fourth-order valence-corrected chi connectivity index (χ4v) is 7.56. The van der Waals surface area contributed by atoms with Crippen molar-refractivity contribution in [1.82, 2.24) is 9.88 Å². The quantitative estimate of drug-likeness (QED) is 0.186. The summed E-state index contributed by atoms with van der Waals surface area (Å²) in [5, 5.41) is 27.8. The second-order valence-electron chi connectivity index (χ2n) is 13.6. The monoisotopic (exact) mass is 633 g/mol. The predicted octanol–water partition coefficient (Wildman–Crippen LogP) is 7.18. The number of aryl methyl sites for hydroxylation is 1. The number of aliphatic hydroxyl groups is 1. The molecule has 4 aromatic rings. The van der Waals surface area contributed by atoms with Crippen molar-refractivity contribution < 1.29 is 19.7 Å². The lowest BCUT2D eigenvalue weighted by Crippen LogP contribution is -2.43. The number of ether oxygens (including phenoxy) is 2. The number of aromatic hydroxyl groups is 1. The molecule has 5 unspecified atom stereocenters. The second-order valence-corrected chi connectivity index (χ2v) is 13.6. The molecular weight excluding hydrogens is 586 g/mol. The van der Waals surface area contributed by atoms with Crippen molar-refractivity contribution in [2.24, 2.45) is 11.7 Å². The van der Waals surface area contributed by atoms with Crippen molar-refractivity contribution in [2.45, 2.75) is 95.8 Å². The predicted molar refractivity (Wildman–Crippen MR) is 187 cm³/mol. The van der Waals surface area contributed by atoms with Crippen LogP contribution in [0.4, 0.5) is 0 Å². The Bertz CT molecular complexity index is 1760. The minimum absolute atomic E-state index is 0.0264. The van der Waals surface area contributed by atoms with E-state index in [1.807, 2.05) is 24.3 Å². The third kappa shape index (κ3) is 7.13. The van der Waals surface area contributed by atoms with Gasteiger partial charge in [0.15, 0.2) is 11.5 Å². The fourth-order valence-electron chi connectivity index (χ4n) is 7.56. The highest BCUT2D eigenvalue weighted by atomic mass is 16.5. The van der Waals surface area contributed by atoms with E-state index in [0.717, 1.165) is 71.8 Å². The normalized spacial score (nSPS) is 24.7. The van der Waals surface area contributed by atoms with Crippen molar-refractivity contribution in [3.8, 4) is 11.5 Å². The van der Waals surface area contributed by atoms with Gasteiger partial charge in [0.05, 0.1) is 24.5 Å². The average Bonchev–Trinajstić information content (AvgIpc) is 3.51. The lowest BCUT2D eigenvalue weighted by atomic mass is 9.83. The molecule has 6 bridgehead atoms. The first-order chi connectivity index (χ1) is 22.9. The average molecular weight is 634 g/mol. The summed E-state index contributed by atoms with van der Waals surface area (Å²) >= 11 is 0. The molecule has 47 heavy (non-hydrogen) atoms. The fraction of sp³-hybridized carbons (Fsp3) is 0.400. The van der Waals surface area contributed by atoms with Crippen LogP contribution in [0, 0.1) is 5.92 Å². The lowest BCUT2D eigenvalue weighted by molar-refractivity contribution is -0.0873. The summed E-state index contributed by atoms with van der Waals surface area (Å²) in [5.41, 5.74) is 12.0. The first kappa shape index (κ1) is 31.6. The topological polar surface area (TPSA) is 102 Å². The standard InChI is InChI=1S/C40H47N3O4/c1-2-3-9-29-12-16-36-33-14-17-39(41)42-40(33)43-23-30-19-28(18-26-7-5-4-6-8-26)20-31(34(30)24-43)25-46-38-21-27(11-15-35(38)45)10-13-32(44)22-37(29)47-36/h4-8,11,14-15,17,19-21,23-24,29,32,36-37,39,42,44-45H,2-3,9-10,12-13,16,18,22,25,41H2,1H3. The van der Waals surface area contributed by atoms with Crippen LogP contribution >= 0.6 is 0 Å². The first-order valence-corrected chi connectivity index (χ1v) is 17.3. The van der Waals surface area contributed by atoms with Crippen molar-refractivity contribution in [3.63, 3.8) is 0 Å². The summed E-state index contributed by atoms with van der Waals surface area (Å²) in [6.07, 6.45) is 15.6. The Morgan fingerprint density at radius 3 is 2.72 bits per heavy atom. The van der Waals surface area contributed by atoms with Gasteiger partial charge in [-0.3, -0.25) is 0 Å². The Balaban J connectivity index is 1.33. The Morgan fingerprint density at radius 1 is 1.00 bits per heavy atom. The maximum absolute atomic E-state index is 11.3. The van der Waals surface area contributed by atoms with E-state index in [-0.39, 0.29) is 24.1 Å². The van der Waals surface area contributed by atoms with Crippen molar-refractivity contribution in [3.05, 3.63) is 113 Å². The van der Waals surface area contributed by atoms with E-state index < -0.39 is 6.10 Å². The summed E-state index contributed by atoms with van der Waals surface area (Å²) in [7, 11) is 0. The van der Waals surface area contributed by atoms with E-state index in [2.05, 4.69) is 71.7 Å². The van der Waals surface area contributed by atoms with Crippen LogP contribution in [0.2, 0.25) is 0 Å². The molecule has 7 nitrogen and oxygen atoms in total. The summed E-state index contributed by atoms with van der Waals surface area (Å²) in [6.45, 7) is 2.53. The number of phenolic OH excluding ortho intramolecular Hbond substituents is 1. The van der Waals surface area contributed by atoms with E-state index in [9.17, 15) is 10.2 Å². The Labute approximate surface area is 277 Å². The minimum Gasteiger partial charge on any atom is -0.504 e. The summed E-state index contributed by atoms with van der Waals surface area (Å²) in [5.74, 6) is 1.91. The van der Waals surface area contributed by atoms with Crippen LogP contribution in [0.15, 0.2) is 90.8 Å². The highest BCUT2D eigenvalue weighted by Crippen LogP contribution is 2.38. The molecule has 7 heteroatoms. The molecule has 3 aliphatic rings. The number of nitrogens with one attached hydrogen (secondary N) is 1. The summed E-state index contributed by atoms with van der Waals surface area (Å²) < 4.78 is 15.5. The first-order valence-electron chi connectivity index (χ1n) is 17.3. The van der Waals surface area contributed by atoms with Gasteiger partial charge in [0.25, 0.3) is 0 Å². The van der Waals surface area contributed by atoms with Gasteiger partial charge >= 0.3 is 0 Å². The maximum Gasteiger partial charge on any atom is 0.161 e. The smallest absolute Gasteiger partial charge is 0.161 e. The van der Waals surface area contributed by atoms with Crippen LogP contribution < -0.4 is 15.8 Å². The van der Waals surface area contributed by atoms with E-state index in [0.29, 0.717) is 37.5 Å². The molecule has 4 heterocycles. The van der Waals surface area contributed by atoms with E-state index >= 15 is 0 Å². The van der Waals surface area contributed by atoms with Gasteiger partial charge in [-0.15, -0.1) is 0 Å². The zero-order valence-electron chi connectivity index (χ0n) is 27.3. The van der Waals surface area contributed by atoms with Crippen LogP contribution in [0.3, 0.4) is 0 Å². The van der Waals surface area contributed by atoms with E-state index in [1.165, 1.54) is 11.1 Å². The molecule has 0 saturated carbocycles. The van der Waals surface area contributed by atoms with Crippen molar-refractivity contribution in [2.75, 3.05) is 0 Å². The number of benzene rings is 3. The number of unbranched alkanes of at least 4 members (excludes halogenated alkanes) is 1. The molecule has 1 aromatic heterocycles. The van der Waals surface area contributed by atoms with Crippen molar-refractivity contribution in [1.29, 1.82) is 0 Å². The molecule has 246 valence electrons. The number of dihydropyridines is 1. The van der Waals surface area contributed by atoms with Crippen LogP contribution in [-0.4, -0.2) is 39.3 Å². The number of phenols is 1. The molecule has 7 rings (SSSR count). The highest BCUT2D eigenvalue weighted by molar-refractivity contribution is 5.88. The lowest BCUT2D eigenvalue weighted by Gasteiger charge is -2.39. The summed E-state index contributed by atoms with van der Waals surface area (Å²) in [6, 6.07) is 20.5. The van der Waals surface area contributed by atoms with Gasteiger partial charge in [0.1, 0.15) is 12.4 Å². The molecule has 5 N–H and O–H groups in total. The molecule has 3 aliphatic heterocycles. The van der Waals surface area contributed by atoms with Gasteiger partial charge in [0.2, 0.25) is 0 Å². The number of fused-ring (bicyclic) bond motifs is 7. The second kappa shape index (κ2) is 14.0. The van der Waals surface area contributed by atoms with Crippen LogP contribution in [0.5, 0.6) is 11.5 Å². The summed E-state index contributed by atoms with van der Waals surface area (Å²) in [4.78, 5) is 0. The van der Waals surface area contributed by atoms with Gasteiger partial charge in [-0.1, -0.05) is 68.3 Å². The van der Waals surface area contributed by atoms with Crippen LogP contribution in [-0.2, 0) is 24.2 Å². The molecule has 0 aliphatic carbocycles. The molecule has 5 atom stereocenters. The molecule has 1 fully saturated rings. The number of nitrogens with zero attached hydrogens (tertiary/aromatic N) is 1. The molecule has 0 radical (unpaired) electrons. The van der Waals surface area contributed by atoms with Crippen molar-refractivity contribution >= 4 is 16.6 Å².